The molecule has 5 amide bonds. The molecule has 204 valence electrons. The summed E-state index contributed by atoms with van der Waals surface area (Å²) in [5, 5.41) is 16.3. The summed E-state index contributed by atoms with van der Waals surface area (Å²) in [6.45, 7) is 1.29. The van der Waals surface area contributed by atoms with E-state index in [0.717, 1.165) is 5.56 Å². The Labute approximate surface area is 215 Å². The Kier molecular flexibility index (Phi) is 13.3. The van der Waals surface area contributed by atoms with Crippen LogP contribution in [-0.2, 0) is 35.2 Å². The topological polar surface area (TPSA) is 214 Å². The van der Waals surface area contributed by atoms with Gasteiger partial charge in [0.2, 0.25) is 29.5 Å². The average Bonchev–Trinajstić information content (AvgIpc) is 2.84. The lowest BCUT2D eigenvalue weighted by atomic mass is 10.0. The summed E-state index contributed by atoms with van der Waals surface area (Å²) in [6.07, 6.45) is 0.553. The van der Waals surface area contributed by atoms with Crippen LogP contribution in [0.5, 0.6) is 0 Å². The van der Waals surface area contributed by atoms with Crippen LogP contribution < -0.4 is 27.4 Å². The number of hydrogen-bond donors (Lipinski definition) is 6. The van der Waals surface area contributed by atoms with Gasteiger partial charge < -0.3 is 37.4 Å². The lowest BCUT2D eigenvalue weighted by Gasteiger charge is -2.30. The molecule has 0 bridgehead atoms. The van der Waals surface area contributed by atoms with Gasteiger partial charge in [0.1, 0.15) is 18.1 Å². The molecule has 37 heavy (non-hydrogen) atoms. The molecule has 0 aromatic heterocycles. The molecule has 0 aliphatic rings. The van der Waals surface area contributed by atoms with E-state index < -0.39 is 60.1 Å². The number of hydrogen-bond acceptors (Lipinski definition) is 7. The third-order valence-electron chi connectivity index (χ3n) is 5.54. The molecule has 1 aromatic rings. The highest BCUT2D eigenvalue weighted by atomic mass is 16.4. The minimum Gasteiger partial charge on any atom is -0.481 e. The summed E-state index contributed by atoms with van der Waals surface area (Å²) in [6, 6.07) is 5.25. The van der Waals surface area contributed by atoms with E-state index in [-0.39, 0.29) is 19.4 Å². The number of amides is 5. The van der Waals surface area contributed by atoms with Gasteiger partial charge in [0.25, 0.3) is 0 Å². The zero-order chi connectivity index (χ0) is 28.0. The number of aliphatic carboxylic acids is 1. The number of carboxylic acid groups (broad SMARTS) is 1. The van der Waals surface area contributed by atoms with Crippen molar-refractivity contribution in [2.45, 2.75) is 57.2 Å². The summed E-state index contributed by atoms with van der Waals surface area (Å²) >= 11 is 0. The summed E-state index contributed by atoms with van der Waals surface area (Å²) in [5.74, 6) is -4.74. The van der Waals surface area contributed by atoms with Crippen molar-refractivity contribution in [2.75, 3.05) is 20.1 Å². The van der Waals surface area contributed by atoms with E-state index >= 15 is 0 Å². The number of nitrogens with one attached hydrogen (secondary N) is 3. The minimum absolute atomic E-state index is 0.120. The van der Waals surface area contributed by atoms with Gasteiger partial charge in [-0.1, -0.05) is 30.3 Å². The molecule has 8 N–H and O–H groups in total. The predicted molar refractivity (Wildman–Crippen MR) is 134 cm³/mol. The second kappa shape index (κ2) is 15.9. The van der Waals surface area contributed by atoms with E-state index in [2.05, 4.69) is 16.0 Å². The molecule has 0 aliphatic carbocycles. The number of primary amides is 1. The maximum atomic E-state index is 13.4. The number of carbonyl (C=O) groups is 6. The summed E-state index contributed by atoms with van der Waals surface area (Å²) < 4.78 is 0. The number of rotatable bonds is 16. The van der Waals surface area contributed by atoms with Crippen molar-refractivity contribution in [3.05, 3.63) is 35.9 Å². The molecule has 0 heterocycles. The molecular formula is C24H36N6O7. The quantitative estimate of drug-likeness (QED) is 0.137. The molecular weight excluding hydrogens is 484 g/mol. The van der Waals surface area contributed by atoms with Crippen LogP contribution in [0, 0.1) is 0 Å². The molecule has 0 radical (unpaired) electrons. The first kappa shape index (κ1) is 31.0. The Morgan fingerprint density at radius 1 is 0.973 bits per heavy atom. The number of likely N-dealkylation sites (N-methyl/N-ethyl adjacent to an activating group) is 1. The fourth-order valence-electron chi connectivity index (χ4n) is 3.44. The van der Waals surface area contributed by atoms with Gasteiger partial charge in [-0.15, -0.1) is 0 Å². The average molecular weight is 521 g/mol. The molecule has 13 nitrogen and oxygen atoms in total. The summed E-state index contributed by atoms with van der Waals surface area (Å²) in [5.41, 5.74) is 11.5. The van der Waals surface area contributed by atoms with Crippen molar-refractivity contribution in [1.82, 2.24) is 20.9 Å². The Balaban J connectivity index is 3.16. The Morgan fingerprint density at radius 3 is 2.14 bits per heavy atom. The molecule has 0 saturated carbocycles. The maximum Gasteiger partial charge on any atom is 0.305 e. The number of carbonyl (C=O) groups excluding carboxylic acids is 5. The van der Waals surface area contributed by atoms with Gasteiger partial charge in [-0.05, 0) is 31.4 Å². The van der Waals surface area contributed by atoms with Crippen LogP contribution in [0.4, 0.5) is 0 Å². The van der Waals surface area contributed by atoms with Crippen molar-refractivity contribution in [3.8, 4) is 0 Å². The van der Waals surface area contributed by atoms with Gasteiger partial charge >= 0.3 is 5.97 Å². The standard InChI is InChI=1S/C24H36N6O7/c1-15(31)27-14-20(32)30(2)19(12-16-8-4-3-5-9-16)24(37)28-17(10-6-7-11-25)23(36)29-18(22(26)35)13-21(33)34/h3-5,8-9,17-19H,6-7,10-14,25H2,1-2H3,(H2,26,35)(H,27,31)(H,28,37)(H,29,36)(H,33,34)/t17-,18-,19-/m0/s1. The van der Waals surface area contributed by atoms with Crippen LogP contribution in [0.1, 0.15) is 38.2 Å². The van der Waals surface area contributed by atoms with E-state index in [9.17, 15) is 28.8 Å². The Hall–Kier alpha value is -4.00. The molecule has 0 aliphatic heterocycles. The van der Waals surface area contributed by atoms with Gasteiger partial charge in [-0.25, -0.2) is 0 Å². The number of nitrogens with zero attached hydrogens (tertiary/aromatic N) is 1. The molecule has 0 spiro atoms. The highest BCUT2D eigenvalue weighted by Crippen LogP contribution is 2.11. The van der Waals surface area contributed by atoms with Gasteiger partial charge in [0.05, 0.1) is 13.0 Å². The second-order valence-electron chi connectivity index (χ2n) is 8.53. The number of carboxylic acids is 1. The van der Waals surface area contributed by atoms with Crippen LogP contribution in [0.2, 0.25) is 0 Å². The van der Waals surface area contributed by atoms with Gasteiger partial charge in [0, 0.05) is 20.4 Å². The highest BCUT2D eigenvalue weighted by molar-refractivity contribution is 5.95. The molecule has 1 rings (SSSR count). The van der Waals surface area contributed by atoms with Gasteiger partial charge in [0.15, 0.2) is 0 Å². The SMILES string of the molecule is CC(=O)NCC(=O)N(C)[C@@H](Cc1ccccc1)C(=O)N[C@@H](CCCCN)C(=O)N[C@@H](CC(=O)O)C(N)=O. The van der Waals surface area contributed by atoms with E-state index in [4.69, 9.17) is 16.6 Å². The zero-order valence-corrected chi connectivity index (χ0v) is 21.1. The summed E-state index contributed by atoms with van der Waals surface area (Å²) in [7, 11) is 1.41. The third-order valence-corrected chi connectivity index (χ3v) is 5.54. The minimum atomic E-state index is -1.47. The normalized spacial score (nSPS) is 12.9. The number of benzene rings is 1. The smallest absolute Gasteiger partial charge is 0.305 e. The molecule has 13 heteroatoms. The van der Waals surface area contributed by atoms with Crippen LogP contribution in [0.3, 0.4) is 0 Å². The van der Waals surface area contributed by atoms with Crippen molar-refractivity contribution >= 4 is 35.5 Å². The van der Waals surface area contributed by atoms with Crippen molar-refractivity contribution in [1.29, 1.82) is 0 Å². The largest absolute Gasteiger partial charge is 0.481 e. The Morgan fingerprint density at radius 2 is 1.59 bits per heavy atom. The summed E-state index contributed by atoms with van der Waals surface area (Å²) in [4.78, 5) is 74.1. The third kappa shape index (κ3) is 11.5. The van der Waals surface area contributed by atoms with E-state index in [1.165, 1.54) is 18.9 Å². The van der Waals surface area contributed by atoms with E-state index in [1.807, 2.05) is 0 Å². The lowest BCUT2D eigenvalue weighted by molar-refractivity contribution is -0.141. The first-order chi connectivity index (χ1) is 17.5. The second-order valence-corrected chi connectivity index (χ2v) is 8.53. The van der Waals surface area contributed by atoms with Crippen LogP contribution in [0.25, 0.3) is 0 Å². The van der Waals surface area contributed by atoms with Crippen LogP contribution >= 0.6 is 0 Å². The van der Waals surface area contributed by atoms with Crippen molar-refractivity contribution < 1.29 is 33.9 Å². The van der Waals surface area contributed by atoms with Gasteiger partial charge in [-0.3, -0.25) is 28.8 Å². The van der Waals surface area contributed by atoms with Crippen molar-refractivity contribution in [2.24, 2.45) is 11.5 Å². The first-order valence-electron chi connectivity index (χ1n) is 11.8. The highest BCUT2D eigenvalue weighted by Gasteiger charge is 2.32. The van der Waals surface area contributed by atoms with Gasteiger partial charge in [-0.2, -0.15) is 0 Å². The zero-order valence-electron chi connectivity index (χ0n) is 21.1. The number of nitrogens with two attached hydrogens (primary N) is 2. The Bertz CT molecular complexity index is 956. The first-order valence-corrected chi connectivity index (χ1v) is 11.8. The maximum absolute atomic E-state index is 13.4. The van der Waals surface area contributed by atoms with Crippen LogP contribution in [-0.4, -0.2) is 83.8 Å². The van der Waals surface area contributed by atoms with Crippen molar-refractivity contribution in [3.63, 3.8) is 0 Å². The van der Waals surface area contributed by atoms with E-state index in [0.29, 0.717) is 19.4 Å². The van der Waals surface area contributed by atoms with Crippen LogP contribution in [0.15, 0.2) is 30.3 Å². The molecule has 1 aromatic carbocycles. The number of unbranched alkanes of at least 4 members (excludes halogenated alkanes) is 1. The lowest BCUT2D eigenvalue weighted by Crippen LogP contribution is -2.57. The molecule has 0 fully saturated rings. The fourth-order valence-corrected chi connectivity index (χ4v) is 3.44. The molecule has 3 atom stereocenters. The van der Waals surface area contributed by atoms with E-state index in [1.54, 1.807) is 30.3 Å². The predicted octanol–water partition coefficient (Wildman–Crippen LogP) is -1.75. The fraction of sp³-hybridized carbons (Fsp3) is 0.500. The molecule has 0 unspecified atom stereocenters. The monoisotopic (exact) mass is 520 g/mol. The molecule has 0 saturated heterocycles.